The number of oxazole rings is 1. The number of pyridine rings is 1. The van der Waals surface area contributed by atoms with Crippen LogP contribution < -0.4 is 11.1 Å². The molecule has 0 unspecified atom stereocenters. The first-order chi connectivity index (χ1) is 16.1. The largest absolute Gasteiger partial charge is 0.508 e. The molecule has 0 fully saturated rings. The first-order valence-electron chi connectivity index (χ1n) is 10.1. The number of fused-ring (bicyclic) bond motifs is 1. The molecule has 0 radical (unpaired) electrons. The lowest BCUT2D eigenvalue weighted by atomic mass is 10.1. The standard InChI is InChI=1S/C24H18N6O3/c25-22-21(23(32)28-13-14-3-1-5-17(31)11-14)29-19(20(30-22)24-27-9-10-33-24)16-6-7-18-15(12-16)4-2-8-26-18/h1-12,31H,13H2,(H2,25,30)(H,28,32). The number of phenolic OH excluding ortho intramolecular Hbond substituents is 1. The molecule has 0 saturated heterocycles. The summed E-state index contributed by atoms with van der Waals surface area (Å²) in [6.45, 7) is 0.187. The number of carbonyl (C=O) groups is 1. The van der Waals surface area contributed by atoms with Gasteiger partial charge in [0.05, 0.1) is 11.7 Å². The van der Waals surface area contributed by atoms with E-state index in [0.29, 0.717) is 17.0 Å². The molecule has 9 heteroatoms. The summed E-state index contributed by atoms with van der Waals surface area (Å²) in [4.78, 5) is 30.4. The quantitative estimate of drug-likeness (QED) is 0.378. The topological polar surface area (TPSA) is 140 Å². The molecular formula is C24H18N6O3. The molecule has 3 aromatic heterocycles. The number of anilines is 1. The second-order valence-corrected chi connectivity index (χ2v) is 7.26. The molecule has 0 bridgehead atoms. The van der Waals surface area contributed by atoms with Gasteiger partial charge in [-0.05, 0) is 35.9 Å². The number of rotatable bonds is 5. The van der Waals surface area contributed by atoms with Crippen molar-refractivity contribution < 1.29 is 14.3 Å². The number of nitrogen functional groups attached to an aromatic ring is 1. The van der Waals surface area contributed by atoms with Crippen molar-refractivity contribution in [1.29, 1.82) is 0 Å². The highest BCUT2D eigenvalue weighted by molar-refractivity contribution is 5.98. The fraction of sp³-hybridized carbons (Fsp3) is 0.0417. The highest BCUT2D eigenvalue weighted by Crippen LogP contribution is 2.31. The molecule has 33 heavy (non-hydrogen) atoms. The summed E-state index contributed by atoms with van der Waals surface area (Å²) in [5, 5.41) is 13.3. The lowest BCUT2D eigenvalue weighted by Gasteiger charge is -2.12. The van der Waals surface area contributed by atoms with E-state index in [1.165, 1.54) is 12.5 Å². The van der Waals surface area contributed by atoms with Crippen LogP contribution in [0, 0.1) is 0 Å². The van der Waals surface area contributed by atoms with E-state index in [9.17, 15) is 9.90 Å². The van der Waals surface area contributed by atoms with Gasteiger partial charge in [0.25, 0.3) is 5.91 Å². The Balaban J connectivity index is 1.56. The third-order valence-electron chi connectivity index (χ3n) is 5.01. The molecule has 4 N–H and O–H groups in total. The predicted octanol–water partition coefficient (Wildman–Crippen LogP) is 3.56. The number of nitrogens with zero attached hydrogens (tertiary/aromatic N) is 4. The first kappa shape index (κ1) is 20.1. The third-order valence-corrected chi connectivity index (χ3v) is 5.01. The van der Waals surface area contributed by atoms with Gasteiger partial charge in [0.2, 0.25) is 5.89 Å². The van der Waals surface area contributed by atoms with E-state index in [1.54, 1.807) is 30.5 Å². The zero-order chi connectivity index (χ0) is 22.8. The molecule has 162 valence electrons. The van der Waals surface area contributed by atoms with E-state index in [2.05, 4.69) is 25.3 Å². The Hall–Kier alpha value is -4.79. The zero-order valence-corrected chi connectivity index (χ0v) is 17.3. The van der Waals surface area contributed by atoms with Gasteiger partial charge in [0.1, 0.15) is 17.7 Å². The smallest absolute Gasteiger partial charge is 0.274 e. The van der Waals surface area contributed by atoms with Crippen molar-refractivity contribution >= 4 is 22.6 Å². The number of nitrogens with two attached hydrogens (primary N) is 1. The average molecular weight is 438 g/mol. The maximum Gasteiger partial charge on any atom is 0.274 e. The number of amides is 1. The Morgan fingerprint density at radius 1 is 1.00 bits per heavy atom. The number of carbonyl (C=O) groups excluding carboxylic acids is 1. The normalized spacial score (nSPS) is 10.9. The van der Waals surface area contributed by atoms with Crippen LogP contribution in [0.25, 0.3) is 33.7 Å². The number of hydrogen-bond acceptors (Lipinski definition) is 8. The van der Waals surface area contributed by atoms with Gasteiger partial charge in [-0.3, -0.25) is 9.78 Å². The Morgan fingerprint density at radius 3 is 2.73 bits per heavy atom. The minimum atomic E-state index is -0.494. The molecule has 0 aliphatic carbocycles. The fourth-order valence-electron chi connectivity index (χ4n) is 3.46. The molecule has 1 amide bonds. The van der Waals surface area contributed by atoms with Crippen LogP contribution in [0.2, 0.25) is 0 Å². The van der Waals surface area contributed by atoms with Crippen molar-refractivity contribution in [2.75, 3.05) is 5.73 Å². The van der Waals surface area contributed by atoms with E-state index in [1.807, 2.05) is 30.3 Å². The molecule has 9 nitrogen and oxygen atoms in total. The minimum absolute atomic E-state index is 0.0215. The van der Waals surface area contributed by atoms with Crippen molar-refractivity contribution in [3.8, 4) is 28.6 Å². The highest BCUT2D eigenvalue weighted by atomic mass is 16.3. The van der Waals surface area contributed by atoms with Crippen molar-refractivity contribution in [1.82, 2.24) is 25.3 Å². The Labute approximate surface area is 188 Å². The van der Waals surface area contributed by atoms with Gasteiger partial charge in [0, 0.05) is 23.7 Å². The van der Waals surface area contributed by atoms with Crippen LogP contribution in [-0.4, -0.2) is 30.9 Å². The molecule has 0 aliphatic heterocycles. The fourth-order valence-corrected chi connectivity index (χ4v) is 3.46. The van der Waals surface area contributed by atoms with Crippen LogP contribution >= 0.6 is 0 Å². The monoisotopic (exact) mass is 438 g/mol. The van der Waals surface area contributed by atoms with Crippen LogP contribution in [0.4, 0.5) is 5.82 Å². The summed E-state index contributed by atoms with van der Waals surface area (Å²) in [5.74, 6) is -0.194. The van der Waals surface area contributed by atoms with Gasteiger partial charge < -0.3 is 20.6 Å². The van der Waals surface area contributed by atoms with E-state index in [-0.39, 0.29) is 29.7 Å². The molecular weight excluding hydrogens is 420 g/mol. The number of aromatic hydroxyl groups is 1. The van der Waals surface area contributed by atoms with Crippen molar-refractivity contribution in [3.63, 3.8) is 0 Å². The summed E-state index contributed by atoms with van der Waals surface area (Å²) in [6.07, 6.45) is 4.65. The molecule has 0 spiro atoms. The maximum atomic E-state index is 12.9. The van der Waals surface area contributed by atoms with Gasteiger partial charge in [0.15, 0.2) is 17.2 Å². The average Bonchev–Trinajstić information content (AvgIpc) is 3.37. The van der Waals surface area contributed by atoms with E-state index in [0.717, 1.165) is 16.5 Å². The number of phenols is 1. The number of benzene rings is 2. The van der Waals surface area contributed by atoms with E-state index >= 15 is 0 Å². The van der Waals surface area contributed by atoms with Crippen LogP contribution in [0.5, 0.6) is 5.75 Å². The Bertz CT molecular complexity index is 1470. The molecule has 5 rings (SSSR count). The number of aromatic nitrogens is 4. The first-order valence-corrected chi connectivity index (χ1v) is 10.1. The minimum Gasteiger partial charge on any atom is -0.508 e. The maximum absolute atomic E-state index is 12.9. The zero-order valence-electron chi connectivity index (χ0n) is 17.3. The summed E-state index contributed by atoms with van der Waals surface area (Å²) in [6, 6.07) is 16.0. The lowest BCUT2D eigenvalue weighted by Crippen LogP contribution is -2.25. The summed E-state index contributed by atoms with van der Waals surface area (Å²) in [5.41, 5.74) is 9.07. The van der Waals surface area contributed by atoms with Gasteiger partial charge in [-0.1, -0.05) is 24.3 Å². The summed E-state index contributed by atoms with van der Waals surface area (Å²) in [7, 11) is 0. The van der Waals surface area contributed by atoms with Crippen LogP contribution in [0.3, 0.4) is 0 Å². The summed E-state index contributed by atoms with van der Waals surface area (Å²) < 4.78 is 5.44. The van der Waals surface area contributed by atoms with Crippen LogP contribution in [0.1, 0.15) is 16.1 Å². The van der Waals surface area contributed by atoms with Crippen LogP contribution in [-0.2, 0) is 6.54 Å². The predicted molar refractivity (Wildman–Crippen MR) is 122 cm³/mol. The molecule has 3 heterocycles. The molecule has 5 aromatic rings. The Morgan fingerprint density at radius 2 is 1.91 bits per heavy atom. The van der Waals surface area contributed by atoms with Crippen molar-refractivity contribution in [2.45, 2.75) is 6.54 Å². The second kappa shape index (κ2) is 8.39. The lowest BCUT2D eigenvalue weighted by molar-refractivity contribution is 0.0946. The summed E-state index contributed by atoms with van der Waals surface area (Å²) >= 11 is 0. The van der Waals surface area contributed by atoms with Crippen LogP contribution in [0.15, 0.2) is 77.7 Å². The molecule has 2 aromatic carbocycles. The number of hydrogen-bond donors (Lipinski definition) is 3. The SMILES string of the molecule is Nc1nc(-c2ncco2)c(-c2ccc3ncccc3c2)nc1C(=O)NCc1cccc(O)c1. The van der Waals surface area contributed by atoms with Crippen molar-refractivity contribution in [3.05, 3.63) is 84.5 Å². The third kappa shape index (κ3) is 4.07. The second-order valence-electron chi connectivity index (χ2n) is 7.26. The van der Waals surface area contributed by atoms with Gasteiger partial charge in [-0.25, -0.2) is 15.0 Å². The van der Waals surface area contributed by atoms with Gasteiger partial charge >= 0.3 is 0 Å². The number of nitrogens with one attached hydrogen (secondary N) is 1. The Kier molecular flexibility index (Phi) is 5.12. The molecule has 0 atom stereocenters. The molecule has 0 aliphatic rings. The van der Waals surface area contributed by atoms with Gasteiger partial charge in [-0.15, -0.1) is 0 Å². The highest BCUT2D eigenvalue weighted by Gasteiger charge is 2.22. The van der Waals surface area contributed by atoms with Crippen molar-refractivity contribution in [2.24, 2.45) is 0 Å². The van der Waals surface area contributed by atoms with E-state index < -0.39 is 5.91 Å². The molecule has 0 saturated carbocycles. The van der Waals surface area contributed by atoms with E-state index in [4.69, 9.17) is 10.2 Å². The van der Waals surface area contributed by atoms with Gasteiger partial charge in [-0.2, -0.15) is 0 Å².